The van der Waals surface area contributed by atoms with Gasteiger partial charge >= 0.3 is 0 Å². The van der Waals surface area contributed by atoms with Crippen molar-refractivity contribution in [1.82, 2.24) is 10.1 Å². The zero-order valence-electron chi connectivity index (χ0n) is 12.1. The van der Waals surface area contributed by atoms with Gasteiger partial charge in [0.15, 0.2) is 5.76 Å². The minimum absolute atomic E-state index is 0.0462. The number of anilines is 1. The quantitative estimate of drug-likeness (QED) is 0.545. The first-order valence-electron chi connectivity index (χ1n) is 6.60. The predicted molar refractivity (Wildman–Crippen MR) is 79.0 cm³/mol. The van der Waals surface area contributed by atoms with Gasteiger partial charge in [-0.25, -0.2) is 0 Å². The molecule has 1 N–H and O–H groups in total. The number of ether oxygens (including phenoxy) is 1. The van der Waals surface area contributed by atoms with Gasteiger partial charge in [0.25, 0.3) is 5.69 Å². The van der Waals surface area contributed by atoms with Crippen molar-refractivity contribution >= 4 is 11.4 Å². The summed E-state index contributed by atoms with van der Waals surface area (Å²) in [6.07, 6.45) is 1.51. The first-order valence-corrected chi connectivity index (χ1v) is 6.60. The third-order valence-electron chi connectivity index (χ3n) is 3.03. The monoisotopic (exact) mass is 316 g/mol. The van der Waals surface area contributed by atoms with Gasteiger partial charge in [-0.3, -0.25) is 10.1 Å². The Hall–Kier alpha value is -3.36. The molecule has 0 saturated heterocycles. The number of methoxy groups -OCH3 is 1. The number of aromatic nitrogens is 2. The number of rotatable bonds is 6. The Labute approximate surface area is 130 Å². The first-order chi connectivity index (χ1) is 11.2. The van der Waals surface area contributed by atoms with E-state index in [4.69, 9.17) is 13.7 Å². The molecule has 0 aliphatic heterocycles. The van der Waals surface area contributed by atoms with Gasteiger partial charge in [0.2, 0.25) is 11.7 Å². The van der Waals surface area contributed by atoms with Gasteiger partial charge in [-0.05, 0) is 18.2 Å². The van der Waals surface area contributed by atoms with E-state index in [-0.39, 0.29) is 12.2 Å². The average Bonchev–Trinajstić information content (AvgIpc) is 3.23. The number of hydrogen-bond donors (Lipinski definition) is 1. The van der Waals surface area contributed by atoms with Crippen molar-refractivity contribution in [1.29, 1.82) is 0 Å². The second-order valence-corrected chi connectivity index (χ2v) is 4.48. The molecular weight excluding hydrogens is 304 g/mol. The maximum atomic E-state index is 10.8. The molecule has 9 nitrogen and oxygen atoms in total. The maximum absolute atomic E-state index is 10.8. The van der Waals surface area contributed by atoms with Crippen LogP contribution in [0.15, 0.2) is 45.5 Å². The number of hydrogen-bond acceptors (Lipinski definition) is 8. The van der Waals surface area contributed by atoms with Crippen LogP contribution in [0.1, 0.15) is 5.89 Å². The van der Waals surface area contributed by atoms with Crippen molar-refractivity contribution in [2.75, 3.05) is 12.4 Å². The van der Waals surface area contributed by atoms with E-state index in [0.717, 1.165) is 0 Å². The lowest BCUT2D eigenvalue weighted by molar-refractivity contribution is -0.384. The normalized spacial score (nSPS) is 10.5. The van der Waals surface area contributed by atoms with Crippen molar-refractivity contribution in [3.05, 3.63) is 52.6 Å². The van der Waals surface area contributed by atoms with E-state index >= 15 is 0 Å². The van der Waals surface area contributed by atoms with E-state index in [9.17, 15) is 10.1 Å². The fraction of sp³-hybridized carbons (Fsp3) is 0.143. The lowest BCUT2D eigenvalue weighted by Crippen LogP contribution is -2.02. The zero-order valence-corrected chi connectivity index (χ0v) is 12.1. The van der Waals surface area contributed by atoms with Crippen molar-refractivity contribution in [2.24, 2.45) is 0 Å². The van der Waals surface area contributed by atoms with Crippen LogP contribution in [0.5, 0.6) is 5.75 Å². The number of nitro benzene ring substituents is 1. The molecule has 0 bridgehead atoms. The molecule has 0 spiro atoms. The Kier molecular flexibility index (Phi) is 3.91. The minimum Gasteiger partial charge on any atom is -0.495 e. The highest BCUT2D eigenvalue weighted by Crippen LogP contribution is 2.29. The van der Waals surface area contributed by atoms with Gasteiger partial charge in [0.05, 0.1) is 30.5 Å². The summed E-state index contributed by atoms with van der Waals surface area (Å²) in [7, 11) is 1.48. The number of nitrogens with zero attached hydrogens (tertiary/aromatic N) is 3. The van der Waals surface area contributed by atoms with E-state index in [1.807, 2.05) is 0 Å². The largest absolute Gasteiger partial charge is 0.495 e. The summed E-state index contributed by atoms with van der Waals surface area (Å²) in [6, 6.07) is 7.69. The number of furan rings is 1. The van der Waals surface area contributed by atoms with Gasteiger partial charge in [0, 0.05) is 12.1 Å². The molecule has 2 heterocycles. The van der Waals surface area contributed by atoms with Gasteiger partial charge in [0.1, 0.15) is 5.75 Å². The Morgan fingerprint density at radius 3 is 2.96 bits per heavy atom. The van der Waals surface area contributed by atoms with Crippen LogP contribution in [0, 0.1) is 10.1 Å². The van der Waals surface area contributed by atoms with E-state index in [1.165, 1.54) is 31.6 Å². The minimum atomic E-state index is -0.480. The molecule has 0 unspecified atom stereocenters. The summed E-state index contributed by atoms with van der Waals surface area (Å²) in [6.45, 7) is 0.186. The molecule has 0 atom stereocenters. The predicted octanol–water partition coefficient (Wildman–Crippen LogP) is 2.86. The van der Waals surface area contributed by atoms with Crippen molar-refractivity contribution in [3.63, 3.8) is 0 Å². The molecular formula is C14H12N4O5. The molecule has 1 aromatic carbocycles. The highest BCUT2D eigenvalue weighted by molar-refractivity contribution is 5.61. The maximum Gasteiger partial charge on any atom is 0.271 e. The smallest absolute Gasteiger partial charge is 0.271 e. The van der Waals surface area contributed by atoms with Crippen LogP contribution in [-0.4, -0.2) is 22.2 Å². The first kappa shape index (κ1) is 14.6. The summed E-state index contributed by atoms with van der Waals surface area (Å²) in [5, 5.41) is 17.6. The average molecular weight is 316 g/mol. The molecule has 0 saturated carbocycles. The fourth-order valence-corrected chi connectivity index (χ4v) is 1.95. The van der Waals surface area contributed by atoms with E-state index in [1.54, 1.807) is 12.1 Å². The molecule has 2 aromatic heterocycles. The third kappa shape index (κ3) is 3.12. The highest BCUT2D eigenvalue weighted by atomic mass is 16.6. The molecule has 0 aliphatic rings. The van der Waals surface area contributed by atoms with Gasteiger partial charge in [-0.15, -0.1) is 0 Å². The van der Waals surface area contributed by atoms with Crippen molar-refractivity contribution in [3.8, 4) is 17.3 Å². The van der Waals surface area contributed by atoms with Crippen LogP contribution < -0.4 is 10.1 Å². The van der Waals surface area contributed by atoms with Crippen molar-refractivity contribution < 1.29 is 18.6 Å². The second-order valence-electron chi connectivity index (χ2n) is 4.48. The summed E-state index contributed by atoms with van der Waals surface area (Å²) in [4.78, 5) is 14.5. The molecule has 0 amide bonds. The Morgan fingerprint density at radius 1 is 1.39 bits per heavy atom. The van der Waals surface area contributed by atoms with Crippen LogP contribution >= 0.6 is 0 Å². The summed E-state index contributed by atoms with van der Waals surface area (Å²) < 4.78 is 15.4. The van der Waals surface area contributed by atoms with Crippen LogP contribution in [0.2, 0.25) is 0 Å². The molecule has 0 radical (unpaired) electrons. The number of nitro groups is 1. The third-order valence-corrected chi connectivity index (χ3v) is 3.03. The van der Waals surface area contributed by atoms with Crippen molar-refractivity contribution in [2.45, 2.75) is 6.54 Å². The fourth-order valence-electron chi connectivity index (χ4n) is 1.95. The molecule has 0 fully saturated rings. The molecule has 0 aliphatic carbocycles. The Bertz CT molecular complexity index is 812. The van der Waals surface area contributed by atoms with E-state index in [0.29, 0.717) is 28.9 Å². The van der Waals surface area contributed by atoms with Crippen LogP contribution in [-0.2, 0) is 6.54 Å². The summed E-state index contributed by atoms with van der Waals surface area (Å²) in [5.74, 6) is 1.61. The van der Waals surface area contributed by atoms with Gasteiger partial charge < -0.3 is 19.0 Å². The Balaban J connectivity index is 1.75. The highest BCUT2D eigenvalue weighted by Gasteiger charge is 2.14. The Morgan fingerprint density at radius 2 is 2.26 bits per heavy atom. The molecule has 23 heavy (non-hydrogen) atoms. The topological polar surface area (TPSA) is 116 Å². The standard InChI is InChI=1S/C14H12N4O5/c1-21-11-5-4-9(18(19)20)7-10(11)15-8-13-16-14(17-23-13)12-3-2-6-22-12/h2-7,15H,8H2,1H3. The SMILES string of the molecule is COc1ccc([N+](=O)[O-])cc1NCc1nc(-c2ccco2)no1. The summed E-state index contributed by atoms with van der Waals surface area (Å²) in [5.41, 5.74) is 0.412. The van der Waals surface area contributed by atoms with Crippen LogP contribution in [0.4, 0.5) is 11.4 Å². The van der Waals surface area contributed by atoms with E-state index < -0.39 is 4.92 Å². The second kappa shape index (κ2) is 6.18. The molecule has 3 rings (SSSR count). The number of benzene rings is 1. The number of nitrogens with one attached hydrogen (secondary N) is 1. The number of non-ortho nitro benzene ring substituents is 1. The van der Waals surface area contributed by atoms with Gasteiger partial charge in [-0.2, -0.15) is 4.98 Å². The van der Waals surface area contributed by atoms with Crippen LogP contribution in [0.25, 0.3) is 11.6 Å². The summed E-state index contributed by atoms with van der Waals surface area (Å²) >= 11 is 0. The molecule has 118 valence electrons. The lowest BCUT2D eigenvalue weighted by Gasteiger charge is -2.09. The van der Waals surface area contributed by atoms with Gasteiger partial charge in [-0.1, -0.05) is 5.16 Å². The van der Waals surface area contributed by atoms with Crippen LogP contribution in [0.3, 0.4) is 0 Å². The van der Waals surface area contributed by atoms with E-state index in [2.05, 4.69) is 15.5 Å². The molecule has 3 aromatic rings. The molecule has 9 heteroatoms. The lowest BCUT2D eigenvalue weighted by atomic mass is 10.2. The zero-order chi connectivity index (χ0) is 16.2.